The van der Waals surface area contributed by atoms with E-state index in [0.717, 1.165) is 29.6 Å². The molecule has 0 aliphatic rings. The first-order valence-corrected chi connectivity index (χ1v) is 6.79. The largest absolute Gasteiger partial charge is 0.373 e. The molecule has 0 saturated heterocycles. The zero-order chi connectivity index (χ0) is 13.1. The Kier molecular flexibility index (Phi) is 3.81. The highest BCUT2D eigenvalue weighted by molar-refractivity contribution is 7.10. The summed E-state index contributed by atoms with van der Waals surface area (Å²) in [6, 6.07) is 2.14. The molecule has 2 rings (SSSR count). The number of nitrogens with zero attached hydrogens (tertiary/aromatic N) is 2. The summed E-state index contributed by atoms with van der Waals surface area (Å²) < 4.78 is 0. The van der Waals surface area contributed by atoms with Crippen LogP contribution in [0.15, 0.2) is 11.4 Å². The van der Waals surface area contributed by atoms with Gasteiger partial charge in [-0.15, -0.1) is 11.3 Å². The Hall–Kier alpha value is -1.62. The van der Waals surface area contributed by atoms with E-state index >= 15 is 0 Å². The number of hydrogen-bond donors (Lipinski definition) is 2. The van der Waals surface area contributed by atoms with Gasteiger partial charge in [0.25, 0.3) is 0 Å². The van der Waals surface area contributed by atoms with E-state index in [1.165, 1.54) is 10.4 Å². The van der Waals surface area contributed by atoms with Gasteiger partial charge >= 0.3 is 0 Å². The summed E-state index contributed by atoms with van der Waals surface area (Å²) in [5.74, 6) is 2.56. The lowest BCUT2D eigenvalue weighted by atomic mass is 10.2. The van der Waals surface area contributed by atoms with Gasteiger partial charge in [-0.3, -0.25) is 0 Å². The minimum atomic E-state index is 0.773. The van der Waals surface area contributed by atoms with E-state index < -0.39 is 0 Å². The van der Waals surface area contributed by atoms with E-state index in [-0.39, 0.29) is 0 Å². The van der Waals surface area contributed by atoms with Crippen molar-refractivity contribution in [3.8, 4) is 0 Å². The fourth-order valence-corrected chi connectivity index (χ4v) is 2.64. The Labute approximate surface area is 111 Å². The van der Waals surface area contributed by atoms with Crippen LogP contribution in [0.3, 0.4) is 0 Å². The second-order valence-corrected chi connectivity index (χ2v) is 5.22. The summed E-state index contributed by atoms with van der Waals surface area (Å²) in [6.45, 7) is 6.87. The topological polar surface area (TPSA) is 49.8 Å². The first-order chi connectivity index (χ1) is 8.61. The van der Waals surface area contributed by atoms with E-state index in [2.05, 4.69) is 39.0 Å². The second-order valence-electron chi connectivity index (χ2n) is 4.22. The SMILES string of the molecule is CNc1nc(C)nc(NCc2sccc2C)c1C. The van der Waals surface area contributed by atoms with Gasteiger partial charge in [-0.25, -0.2) is 9.97 Å². The number of rotatable bonds is 4. The summed E-state index contributed by atoms with van der Waals surface area (Å²) >= 11 is 1.77. The molecule has 2 N–H and O–H groups in total. The normalized spacial score (nSPS) is 10.4. The van der Waals surface area contributed by atoms with Crippen LogP contribution in [-0.4, -0.2) is 17.0 Å². The number of aryl methyl sites for hydroxylation is 2. The van der Waals surface area contributed by atoms with E-state index in [4.69, 9.17) is 0 Å². The molecule has 0 aliphatic carbocycles. The number of thiophene rings is 1. The number of hydrogen-bond acceptors (Lipinski definition) is 5. The highest BCUT2D eigenvalue weighted by Crippen LogP contribution is 2.22. The predicted octanol–water partition coefficient (Wildman–Crippen LogP) is 3.12. The molecule has 0 bridgehead atoms. The van der Waals surface area contributed by atoms with Crippen molar-refractivity contribution in [3.63, 3.8) is 0 Å². The van der Waals surface area contributed by atoms with Crippen molar-refractivity contribution in [1.82, 2.24) is 9.97 Å². The summed E-state index contributed by atoms with van der Waals surface area (Å²) in [7, 11) is 1.88. The molecule has 0 fully saturated rings. The molecule has 0 aliphatic heterocycles. The molecule has 96 valence electrons. The van der Waals surface area contributed by atoms with Crippen molar-refractivity contribution in [2.24, 2.45) is 0 Å². The lowest BCUT2D eigenvalue weighted by Gasteiger charge is -2.12. The molecule has 0 amide bonds. The maximum atomic E-state index is 4.45. The van der Waals surface area contributed by atoms with E-state index in [9.17, 15) is 0 Å². The molecule has 2 aromatic rings. The third-order valence-electron chi connectivity index (χ3n) is 2.88. The molecule has 0 aromatic carbocycles. The van der Waals surface area contributed by atoms with Crippen LogP contribution in [0, 0.1) is 20.8 Å². The molecule has 0 spiro atoms. The molecular weight excluding hydrogens is 244 g/mol. The lowest BCUT2D eigenvalue weighted by molar-refractivity contribution is 1.01. The van der Waals surface area contributed by atoms with Crippen LogP contribution < -0.4 is 10.6 Å². The Morgan fingerprint density at radius 3 is 2.50 bits per heavy atom. The molecule has 0 radical (unpaired) electrons. The maximum absolute atomic E-state index is 4.45. The third-order valence-corrected chi connectivity index (χ3v) is 3.90. The van der Waals surface area contributed by atoms with Crippen LogP contribution in [0.1, 0.15) is 21.8 Å². The van der Waals surface area contributed by atoms with Gasteiger partial charge in [0.1, 0.15) is 17.5 Å². The minimum Gasteiger partial charge on any atom is -0.373 e. The van der Waals surface area contributed by atoms with Crippen molar-refractivity contribution < 1.29 is 0 Å². The van der Waals surface area contributed by atoms with Crippen molar-refractivity contribution in [2.45, 2.75) is 27.3 Å². The zero-order valence-electron chi connectivity index (χ0n) is 11.2. The molecule has 18 heavy (non-hydrogen) atoms. The maximum Gasteiger partial charge on any atom is 0.135 e. The average Bonchev–Trinajstić information content (AvgIpc) is 2.75. The standard InChI is InChI=1S/C13H18N4S/c1-8-5-6-18-11(8)7-15-13-9(2)12(14-4)16-10(3)17-13/h5-6H,7H2,1-4H3,(H2,14,15,16,17). The van der Waals surface area contributed by atoms with Crippen LogP contribution in [-0.2, 0) is 6.54 Å². The fourth-order valence-electron chi connectivity index (χ4n) is 1.79. The molecule has 2 aromatic heterocycles. The van der Waals surface area contributed by atoms with Gasteiger partial charge in [0, 0.05) is 17.5 Å². The summed E-state index contributed by atoms with van der Waals surface area (Å²) in [4.78, 5) is 10.2. The Morgan fingerprint density at radius 1 is 1.17 bits per heavy atom. The molecule has 5 heteroatoms. The molecular formula is C13H18N4S. The summed E-state index contributed by atoms with van der Waals surface area (Å²) in [5.41, 5.74) is 2.38. The Morgan fingerprint density at radius 2 is 1.89 bits per heavy atom. The van der Waals surface area contributed by atoms with Gasteiger partial charge in [0.05, 0.1) is 6.54 Å². The van der Waals surface area contributed by atoms with Crippen molar-refractivity contribution in [3.05, 3.63) is 33.3 Å². The number of aromatic nitrogens is 2. The third kappa shape index (κ3) is 2.61. The predicted molar refractivity (Wildman–Crippen MR) is 77.4 cm³/mol. The minimum absolute atomic E-state index is 0.773. The van der Waals surface area contributed by atoms with Gasteiger partial charge in [-0.05, 0) is 37.8 Å². The summed E-state index contributed by atoms with van der Waals surface area (Å²) in [5, 5.41) is 8.60. The van der Waals surface area contributed by atoms with E-state index in [1.54, 1.807) is 11.3 Å². The second kappa shape index (κ2) is 5.35. The van der Waals surface area contributed by atoms with E-state index in [1.807, 2.05) is 20.9 Å². The van der Waals surface area contributed by atoms with Crippen LogP contribution >= 0.6 is 11.3 Å². The fraction of sp³-hybridized carbons (Fsp3) is 0.385. The van der Waals surface area contributed by atoms with Crippen LogP contribution in [0.25, 0.3) is 0 Å². The quantitative estimate of drug-likeness (QED) is 0.889. The van der Waals surface area contributed by atoms with Crippen LogP contribution in [0.5, 0.6) is 0 Å². The first kappa shape index (κ1) is 12.8. The van der Waals surface area contributed by atoms with Gasteiger partial charge < -0.3 is 10.6 Å². The van der Waals surface area contributed by atoms with E-state index in [0.29, 0.717) is 0 Å². The van der Waals surface area contributed by atoms with Gasteiger partial charge in [-0.2, -0.15) is 0 Å². The number of nitrogens with one attached hydrogen (secondary N) is 2. The lowest BCUT2D eigenvalue weighted by Crippen LogP contribution is -2.08. The molecule has 4 nitrogen and oxygen atoms in total. The van der Waals surface area contributed by atoms with Crippen molar-refractivity contribution >= 4 is 23.0 Å². The van der Waals surface area contributed by atoms with Crippen molar-refractivity contribution in [1.29, 1.82) is 0 Å². The summed E-state index contributed by atoms with van der Waals surface area (Å²) in [6.07, 6.45) is 0. The van der Waals surface area contributed by atoms with Crippen molar-refractivity contribution in [2.75, 3.05) is 17.7 Å². The zero-order valence-corrected chi connectivity index (χ0v) is 12.0. The van der Waals surface area contributed by atoms with Gasteiger partial charge in [0.15, 0.2) is 0 Å². The highest BCUT2D eigenvalue weighted by atomic mass is 32.1. The number of anilines is 2. The molecule has 0 atom stereocenters. The monoisotopic (exact) mass is 262 g/mol. The Bertz CT molecular complexity index is 548. The average molecular weight is 262 g/mol. The molecule has 0 unspecified atom stereocenters. The Balaban J connectivity index is 2.19. The smallest absolute Gasteiger partial charge is 0.135 e. The van der Waals surface area contributed by atoms with Crippen LogP contribution in [0.4, 0.5) is 11.6 Å². The van der Waals surface area contributed by atoms with Crippen LogP contribution in [0.2, 0.25) is 0 Å². The van der Waals surface area contributed by atoms with Gasteiger partial charge in [-0.1, -0.05) is 0 Å². The molecule has 0 saturated carbocycles. The highest BCUT2D eigenvalue weighted by Gasteiger charge is 2.08. The first-order valence-electron chi connectivity index (χ1n) is 5.91. The molecule has 2 heterocycles. The van der Waals surface area contributed by atoms with Gasteiger partial charge in [0.2, 0.25) is 0 Å².